The standard InChI is InChI=1S/C40H52N2O10/c1-37(2,3)51-35(47)41-21-19-39(7,8)31(41)33(45)49-23-29(43)27-15-11-25(12-16-27)26-13-17-28(18-14-26)30(44)24-50-34(46)32-40(9,10)20-22-42(32)36(48)52-38(4,5)6/h11-18,31-32H,19-24H2,1-10H3. The van der Waals surface area contributed by atoms with Gasteiger partial charge >= 0.3 is 24.1 Å². The Kier molecular flexibility index (Phi) is 11.6. The Morgan fingerprint density at radius 2 is 0.885 bits per heavy atom. The fourth-order valence-electron chi connectivity index (χ4n) is 6.41. The molecule has 0 spiro atoms. The van der Waals surface area contributed by atoms with Crippen LogP contribution in [0.25, 0.3) is 11.1 Å². The van der Waals surface area contributed by atoms with Crippen LogP contribution in [0.4, 0.5) is 9.59 Å². The van der Waals surface area contributed by atoms with Crippen LogP contribution in [0.2, 0.25) is 0 Å². The number of carbonyl (C=O) groups is 6. The molecule has 2 unspecified atom stereocenters. The van der Waals surface area contributed by atoms with Gasteiger partial charge < -0.3 is 18.9 Å². The molecule has 282 valence electrons. The van der Waals surface area contributed by atoms with Gasteiger partial charge in [0.15, 0.2) is 24.8 Å². The predicted octanol–water partition coefficient (Wildman–Crippen LogP) is 6.88. The molecule has 0 aliphatic carbocycles. The highest BCUT2D eigenvalue weighted by atomic mass is 16.6. The van der Waals surface area contributed by atoms with E-state index in [0.29, 0.717) is 37.1 Å². The lowest BCUT2D eigenvalue weighted by molar-refractivity contribution is -0.151. The van der Waals surface area contributed by atoms with Crippen molar-refractivity contribution in [3.63, 3.8) is 0 Å². The Morgan fingerprint density at radius 3 is 1.17 bits per heavy atom. The molecule has 2 aliphatic rings. The van der Waals surface area contributed by atoms with Crippen molar-refractivity contribution < 1.29 is 47.7 Å². The van der Waals surface area contributed by atoms with Crippen molar-refractivity contribution in [3.8, 4) is 11.1 Å². The second-order valence-electron chi connectivity index (χ2n) is 16.8. The minimum absolute atomic E-state index is 0.342. The Hall–Kier alpha value is -4.74. The van der Waals surface area contributed by atoms with Crippen LogP contribution < -0.4 is 0 Å². The summed E-state index contributed by atoms with van der Waals surface area (Å²) in [6.07, 6.45) is -0.0305. The molecule has 0 saturated carbocycles. The van der Waals surface area contributed by atoms with Crippen LogP contribution in [0.3, 0.4) is 0 Å². The summed E-state index contributed by atoms with van der Waals surface area (Å²) in [5, 5.41) is 0. The molecule has 2 heterocycles. The molecular formula is C40H52N2O10. The second kappa shape index (κ2) is 15.1. The van der Waals surface area contributed by atoms with Gasteiger partial charge in [-0.2, -0.15) is 0 Å². The van der Waals surface area contributed by atoms with E-state index in [2.05, 4.69) is 0 Å². The maximum Gasteiger partial charge on any atom is 0.411 e. The molecular weight excluding hydrogens is 668 g/mol. The van der Waals surface area contributed by atoms with Gasteiger partial charge in [0, 0.05) is 24.2 Å². The number of ketones is 2. The molecule has 12 heteroatoms. The number of carbonyl (C=O) groups excluding carboxylic acids is 6. The number of esters is 2. The van der Waals surface area contributed by atoms with Gasteiger partial charge in [-0.1, -0.05) is 76.2 Å². The average Bonchev–Trinajstić information content (AvgIpc) is 3.55. The van der Waals surface area contributed by atoms with Crippen LogP contribution >= 0.6 is 0 Å². The van der Waals surface area contributed by atoms with Crippen LogP contribution in [0.5, 0.6) is 0 Å². The van der Waals surface area contributed by atoms with Gasteiger partial charge in [0.1, 0.15) is 23.3 Å². The third-order valence-corrected chi connectivity index (χ3v) is 9.24. The zero-order valence-corrected chi connectivity index (χ0v) is 32.0. The minimum atomic E-state index is -0.881. The first kappa shape index (κ1) is 40.0. The number of rotatable bonds is 9. The molecule has 52 heavy (non-hydrogen) atoms. The normalized spacial score (nSPS) is 19.5. The fraction of sp³-hybridized carbons (Fsp3) is 0.550. The zero-order valence-electron chi connectivity index (χ0n) is 32.0. The van der Waals surface area contributed by atoms with Crippen molar-refractivity contribution in [2.45, 2.75) is 105 Å². The summed E-state index contributed by atoms with van der Waals surface area (Å²) in [6.45, 7) is 17.7. The van der Waals surface area contributed by atoms with E-state index in [4.69, 9.17) is 18.9 Å². The SMILES string of the molecule is CC(C)(C)OC(=O)N1CCC(C)(C)C1C(=O)OCC(=O)c1ccc(-c2ccc(C(=O)COC(=O)C3N(C(=O)OC(C)(C)C)CCC3(C)C)cc2)cc1. The van der Waals surface area contributed by atoms with Crippen LogP contribution in [-0.2, 0) is 28.5 Å². The predicted molar refractivity (Wildman–Crippen MR) is 193 cm³/mol. The Labute approximate surface area is 306 Å². The van der Waals surface area contributed by atoms with Crippen molar-refractivity contribution >= 4 is 35.7 Å². The Morgan fingerprint density at radius 1 is 0.577 bits per heavy atom. The molecule has 4 rings (SSSR count). The van der Waals surface area contributed by atoms with Crippen molar-refractivity contribution in [3.05, 3.63) is 59.7 Å². The van der Waals surface area contributed by atoms with Crippen LogP contribution in [0.1, 0.15) is 103 Å². The van der Waals surface area contributed by atoms with E-state index in [9.17, 15) is 28.8 Å². The number of ether oxygens (including phenoxy) is 4. The second-order valence-corrected chi connectivity index (χ2v) is 16.8. The minimum Gasteiger partial charge on any atom is -0.456 e. The highest BCUT2D eigenvalue weighted by Gasteiger charge is 2.50. The molecule has 2 aliphatic heterocycles. The molecule has 0 N–H and O–H groups in total. The molecule has 2 aromatic rings. The lowest BCUT2D eigenvalue weighted by Gasteiger charge is -2.32. The van der Waals surface area contributed by atoms with E-state index in [1.54, 1.807) is 90.1 Å². The highest BCUT2D eigenvalue weighted by Crippen LogP contribution is 2.39. The summed E-state index contributed by atoms with van der Waals surface area (Å²) in [4.78, 5) is 80.5. The largest absolute Gasteiger partial charge is 0.456 e. The van der Waals surface area contributed by atoms with Crippen LogP contribution in [0, 0.1) is 10.8 Å². The van der Waals surface area contributed by atoms with Gasteiger partial charge in [-0.25, -0.2) is 19.2 Å². The lowest BCUT2D eigenvalue weighted by Crippen LogP contribution is -2.48. The maximum atomic E-state index is 13.1. The first-order valence-electron chi connectivity index (χ1n) is 17.6. The van der Waals surface area contributed by atoms with Gasteiger partial charge in [-0.15, -0.1) is 0 Å². The van der Waals surface area contributed by atoms with Gasteiger partial charge in [0.25, 0.3) is 0 Å². The molecule has 2 atom stereocenters. The van der Waals surface area contributed by atoms with Crippen molar-refractivity contribution in [2.24, 2.45) is 10.8 Å². The van der Waals surface area contributed by atoms with Crippen molar-refractivity contribution in [2.75, 3.05) is 26.3 Å². The van der Waals surface area contributed by atoms with Gasteiger partial charge in [-0.3, -0.25) is 19.4 Å². The van der Waals surface area contributed by atoms with Gasteiger partial charge in [0.05, 0.1) is 0 Å². The topological polar surface area (TPSA) is 146 Å². The summed E-state index contributed by atoms with van der Waals surface area (Å²) in [5.41, 5.74) is -0.304. The number of Topliss-reactive ketones (excluding diaryl/α,β-unsaturated/α-hetero) is 2. The quantitative estimate of drug-likeness (QED) is 0.153. The Balaban J connectivity index is 1.32. The number of amides is 2. The van der Waals surface area contributed by atoms with E-state index in [1.165, 1.54) is 9.80 Å². The third-order valence-electron chi connectivity index (χ3n) is 9.24. The summed E-state index contributed by atoms with van der Waals surface area (Å²) < 4.78 is 21.8. The Bertz CT molecular complexity index is 1550. The smallest absolute Gasteiger partial charge is 0.411 e. The van der Waals surface area contributed by atoms with Crippen LogP contribution in [-0.4, -0.2) is 95.1 Å². The third kappa shape index (κ3) is 9.77. The highest BCUT2D eigenvalue weighted by molar-refractivity contribution is 6.00. The number of hydrogen-bond donors (Lipinski definition) is 0. The monoisotopic (exact) mass is 720 g/mol. The molecule has 0 bridgehead atoms. The maximum absolute atomic E-state index is 13.1. The van der Waals surface area contributed by atoms with E-state index in [0.717, 1.165) is 11.1 Å². The summed E-state index contributed by atoms with van der Waals surface area (Å²) >= 11 is 0. The zero-order chi connectivity index (χ0) is 38.8. The van der Waals surface area contributed by atoms with E-state index < -0.39 is 83.0 Å². The van der Waals surface area contributed by atoms with Crippen molar-refractivity contribution in [1.82, 2.24) is 9.80 Å². The van der Waals surface area contributed by atoms with E-state index in [-0.39, 0.29) is 0 Å². The summed E-state index contributed by atoms with van der Waals surface area (Å²) in [5.74, 6) is -2.11. The van der Waals surface area contributed by atoms with Gasteiger partial charge in [0.2, 0.25) is 0 Å². The fourth-order valence-corrected chi connectivity index (χ4v) is 6.41. The van der Waals surface area contributed by atoms with E-state index >= 15 is 0 Å². The van der Waals surface area contributed by atoms with E-state index in [1.807, 2.05) is 27.7 Å². The number of hydrogen-bond acceptors (Lipinski definition) is 10. The molecule has 2 saturated heterocycles. The molecule has 2 fully saturated rings. The molecule has 0 radical (unpaired) electrons. The first-order chi connectivity index (χ1) is 24.0. The summed E-state index contributed by atoms with van der Waals surface area (Å²) in [7, 11) is 0. The van der Waals surface area contributed by atoms with Gasteiger partial charge in [-0.05, 0) is 76.3 Å². The lowest BCUT2D eigenvalue weighted by atomic mass is 9.85. The number of benzene rings is 2. The molecule has 12 nitrogen and oxygen atoms in total. The summed E-state index contributed by atoms with van der Waals surface area (Å²) in [6, 6.07) is 11.7. The average molecular weight is 721 g/mol. The molecule has 2 amide bonds. The first-order valence-corrected chi connectivity index (χ1v) is 17.6. The molecule has 2 aromatic carbocycles. The number of likely N-dealkylation sites (tertiary alicyclic amines) is 2. The molecule has 0 aromatic heterocycles. The van der Waals surface area contributed by atoms with Crippen molar-refractivity contribution in [1.29, 1.82) is 0 Å². The van der Waals surface area contributed by atoms with Crippen LogP contribution in [0.15, 0.2) is 48.5 Å². The number of nitrogens with zero attached hydrogens (tertiary/aromatic N) is 2.